The van der Waals surface area contributed by atoms with Gasteiger partial charge in [0.05, 0.1) is 0 Å². The lowest BCUT2D eigenvalue weighted by molar-refractivity contribution is 0.365. The van der Waals surface area contributed by atoms with E-state index in [1.165, 1.54) is 5.69 Å². The lowest BCUT2D eigenvalue weighted by atomic mass is 10.0. The van der Waals surface area contributed by atoms with Crippen molar-refractivity contribution in [1.82, 2.24) is 10.3 Å². The average molecular weight is 191 g/mol. The van der Waals surface area contributed by atoms with Crippen LogP contribution >= 0.6 is 0 Å². The van der Waals surface area contributed by atoms with Gasteiger partial charge in [0.1, 0.15) is 0 Å². The fraction of sp³-hybridized carbons (Fsp3) is 0.545. The molecule has 0 aliphatic carbocycles. The maximum Gasteiger partial charge on any atom is 0.0396 e. The van der Waals surface area contributed by atoms with Gasteiger partial charge in [0.25, 0.3) is 0 Å². The number of nitrogens with one attached hydrogen (secondary N) is 2. The van der Waals surface area contributed by atoms with Crippen molar-refractivity contribution >= 4 is 5.69 Å². The highest BCUT2D eigenvalue weighted by molar-refractivity contribution is 5.45. The topological polar surface area (TPSA) is 37.0 Å². The predicted octanol–water partition coefficient (Wildman–Crippen LogP) is 1.33. The molecule has 76 valence electrons. The van der Waals surface area contributed by atoms with Crippen molar-refractivity contribution in [1.29, 1.82) is 0 Å². The third kappa shape index (κ3) is 2.23. The summed E-state index contributed by atoms with van der Waals surface area (Å²) in [6.07, 6.45) is 0. The molecule has 1 fully saturated rings. The van der Waals surface area contributed by atoms with Gasteiger partial charge >= 0.3 is 0 Å². The van der Waals surface area contributed by atoms with Crippen molar-refractivity contribution in [2.24, 2.45) is 5.92 Å². The van der Waals surface area contributed by atoms with E-state index in [2.05, 4.69) is 27.8 Å². The molecule has 2 heterocycles. The fourth-order valence-corrected chi connectivity index (χ4v) is 1.69. The Hall–Kier alpha value is -1.09. The second-order valence-corrected chi connectivity index (χ2v) is 4.04. The van der Waals surface area contributed by atoms with E-state index in [4.69, 9.17) is 0 Å². The number of hydrogen-bond acceptors (Lipinski definition) is 3. The van der Waals surface area contributed by atoms with E-state index < -0.39 is 0 Å². The Balaban J connectivity index is 1.94. The summed E-state index contributed by atoms with van der Waals surface area (Å²) in [5, 5.41) is 6.72. The Kier molecular flexibility index (Phi) is 2.68. The zero-order chi connectivity index (χ0) is 9.97. The van der Waals surface area contributed by atoms with E-state index in [-0.39, 0.29) is 0 Å². The molecule has 1 saturated heterocycles. The van der Waals surface area contributed by atoms with Crippen LogP contribution in [0.25, 0.3) is 0 Å². The molecule has 0 aromatic carbocycles. The largest absolute Gasteiger partial charge is 0.385 e. The van der Waals surface area contributed by atoms with Gasteiger partial charge in [0.2, 0.25) is 0 Å². The molecule has 0 bridgehead atoms. The van der Waals surface area contributed by atoms with Crippen molar-refractivity contribution in [3.8, 4) is 0 Å². The van der Waals surface area contributed by atoms with Crippen molar-refractivity contribution in [2.45, 2.75) is 13.8 Å². The van der Waals surface area contributed by atoms with E-state index in [0.717, 1.165) is 36.9 Å². The van der Waals surface area contributed by atoms with Gasteiger partial charge in [-0.15, -0.1) is 0 Å². The van der Waals surface area contributed by atoms with Crippen LogP contribution in [0.3, 0.4) is 0 Å². The van der Waals surface area contributed by atoms with Crippen LogP contribution in [0, 0.1) is 19.8 Å². The summed E-state index contributed by atoms with van der Waals surface area (Å²) in [6, 6.07) is 4.19. The Labute approximate surface area is 84.9 Å². The highest BCUT2D eigenvalue weighted by atomic mass is 15.0. The van der Waals surface area contributed by atoms with E-state index in [1.54, 1.807) is 0 Å². The molecule has 2 N–H and O–H groups in total. The molecule has 0 spiro atoms. The first-order valence-corrected chi connectivity index (χ1v) is 5.14. The van der Waals surface area contributed by atoms with Crippen molar-refractivity contribution < 1.29 is 0 Å². The second kappa shape index (κ2) is 3.96. The van der Waals surface area contributed by atoms with Gasteiger partial charge in [-0.2, -0.15) is 0 Å². The molecule has 14 heavy (non-hydrogen) atoms. The van der Waals surface area contributed by atoms with Crippen LogP contribution in [-0.2, 0) is 0 Å². The molecule has 0 amide bonds. The van der Waals surface area contributed by atoms with Crippen LogP contribution in [0.5, 0.6) is 0 Å². The summed E-state index contributed by atoms with van der Waals surface area (Å²) in [6.45, 7) is 7.42. The number of nitrogens with zero attached hydrogens (tertiary/aromatic N) is 1. The highest BCUT2D eigenvalue weighted by Crippen LogP contribution is 2.12. The van der Waals surface area contributed by atoms with E-state index in [0.29, 0.717) is 0 Å². The first kappa shape index (κ1) is 9.46. The third-order valence-electron chi connectivity index (χ3n) is 2.54. The summed E-state index contributed by atoms with van der Waals surface area (Å²) in [5.41, 5.74) is 3.36. The van der Waals surface area contributed by atoms with Crippen LogP contribution in [0.4, 0.5) is 5.69 Å². The SMILES string of the molecule is Cc1cc(NCC2CNC2)cc(C)n1. The Morgan fingerprint density at radius 2 is 2.00 bits per heavy atom. The van der Waals surface area contributed by atoms with Crippen molar-refractivity contribution in [2.75, 3.05) is 25.0 Å². The minimum atomic E-state index is 0.795. The summed E-state index contributed by atoms with van der Waals surface area (Å²) in [5.74, 6) is 0.795. The molecular weight excluding hydrogens is 174 g/mol. The second-order valence-electron chi connectivity index (χ2n) is 4.04. The summed E-state index contributed by atoms with van der Waals surface area (Å²) in [4.78, 5) is 4.34. The summed E-state index contributed by atoms with van der Waals surface area (Å²) >= 11 is 0. The molecular formula is C11H17N3. The predicted molar refractivity (Wildman–Crippen MR) is 58.6 cm³/mol. The maximum absolute atomic E-state index is 4.34. The summed E-state index contributed by atoms with van der Waals surface area (Å²) in [7, 11) is 0. The first-order valence-electron chi connectivity index (χ1n) is 5.14. The number of aryl methyl sites for hydroxylation is 2. The van der Waals surface area contributed by atoms with Gasteiger partial charge in [-0.05, 0) is 26.0 Å². The van der Waals surface area contributed by atoms with Gasteiger partial charge in [0.15, 0.2) is 0 Å². The Bertz CT molecular complexity index is 298. The molecule has 3 heteroatoms. The van der Waals surface area contributed by atoms with Crippen LogP contribution in [0.1, 0.15) is 11.4 Å². The van der Waals surface area contributed by atoms with Gasteiger partial charge < -0.3 is 10.6 Å². The molecule has 1 aromatic heterocycles. The number of pyridine rings is 1. The highest BCUT2D eigenvalue weighted by Gasteiger charge is 2.15. The minimum Gasteiger partial charge on any atom is -0.385 e. The molecule has 1 aliphatic rings. The molecule has 0 unspecified atom stereocenters. The molecule has 0 saturated carbocycles. The lowest BCUT2D eigenvalue weighted by Gasteiger charge is -2.27. The van der Waals surface area contributed by atoms with Crippen molar-refractivity contribution in [3.63, 3.8) is 0 Å². The van der Waals surface area contributed by atoms with Crippen LogP contribution in [0.15, 0.2) is 12.1 Å². The first-order chi connectivity index (χ1) is 6.74. The fourth-order valence-electron chi connectivity index (χ4n) is 1.69. The molecule has 1 aromatic rings. The average Bonchev–Trinajstić information content (AvgIpc) is 1.99. The van der Waals surface area contributed by atoms with E-state index >= 15 is 0 Å². The molecule has 0 atom stereocenters. The van der Waals surface area contributed by atoms with Crippen molar-refractivity contribution in [3.05, 3.63) is 23.5 Å². The Morgan fingerprint density at radius 3 is 2.50 bits per heavy atom. The van der Waals surface area contributed by atoms with E-state index in [9.17, 15) is 0 Å². The Morgan fingerprint density at radius 1 is 1.36 bits per heavy atom. The zero-order valence-corrected chi connectivity index (χ0v) is 8.80. The summed E-state index contributed by atoms with van der Waals surface area (Å²) < 4.78 is 0. The number of aromatic nitrogens is 1. The molecule has 1 aliphatic heterocycles. The van der Waals surface area contributed by atoms with Crippen LogP contribution in [0.2, 0.25) is 0 Å². The van der Waals surface area contributed by atoms with Gasteiger partial charge in [-0.1, -0.05) is 0 Å². The lowest BCUT2D eigenvalue weighted by Crippen LogP contribution is -2.45. The third-order valence-corrected chi connectivity index (χ3v) is 2.54. The standard InChI is InChI=1S/C11H17N3/c1-8-3-11(4-9(2)14-8)13-7-10-5-12-6-10/h3-4,10,12H,5-7H2,1-2H3,(H,13,14). The van der Waals surface area contributed by atoms with E-state index in [1.807, 2.05) is 13.8 Å². The molecule has 3 nitrogen and oxygen atoms in total. The maximum atomic E-state index is 4.34. The molecule has 0 radical (unpaired) electrons. The zero-order valence-electron chi connectivity index (χ0n) is 8.80. The quantitative estimate of drug-likeness (QED) is 0.757. The number of rotatable bonds is 3. The number of hydrogen-bond donors (Lipinski definition) is 2. The minimum absolute atomic E-state index is 0.795. The smallest absolute Gasteiger partial charge is 0.0396 e. The monoisotopic (exact) mass is 191 g/mol. The van der Waals surface area contributed by atoms with Crippen LogP contribution in [-0.4, -0.2) is 24.6 Å². The van der Waals surface area contributed by atoms with Crippen LogP contribution < -0.4 is 10.6 Å². The van der Waals surface area contributed by atoms with Gasteiger partial charge in [-0.25, -0.2) is 0 Å². The van der Waals surface area contributed by atoms with Gasteiger partial charge in [-0.3, -0.25) is 4.98 Å². The number of anilines is 1. The molecule has 2 rings (SSSR count). The van der Waals surface area contributed by atoms with Gasteiger partial charge in [0, 0.05) is 42.6 Å². The normalized spacial score (nSPS) is 16.4.